The lowest BCUT2D eigenvalue weighted by atomic mass is 10.2. The van der Waals surface area contributed by atoms with Gasteiger partial charge in [-0.3, -0.25) is 0 Å². The van der Waals surface area contributed by atoms with Crippen molar-refractivity contribution in [2.45, 2.75) is 0 Å². The summed E-state index contributed by atoms with van der Waals surface area (Å²) in [7, 11) is 0. The summed E-state index contributed by atoms with van der Waals surface area (Å²) >= 11 is 9.44. The third-order valence-corrected chi connectivity index (χ3v) is 3.05. The molecule has 1 aromatic heterocycles. The quantitative estimate of drug-likeness (QED) is 0.583. The number of H-pyrrole nitrogens is 1. The minimum absolute atomic E-state index is 0. The van der Waals surface area contributed by atoms with Crippen LogP contribution in [0, 0.1) is 0 Å². The second kappa shape index (κ2) is 4.57. The molecule has 0 amide bonds. The largest absolute Gasteiger partial charge is 1.00 e. The number of benzene rings is 1. The Bertz CT molecular complexity index is 433. The van der Waals surface area contributed by atoms with Crippen molar-refractivity contribution < 1.29 is 29.0 Å². The highest BCUT2D eigenvalue weighted by Gasteiger charge is 2.03. The lowest BCUT2D eigenvalue weighted by Gasteiger charge is -1.98. The van der Waals surface area contributed by atoms with E-state index in [0.29, 0.717) is 0 Å². The van der Waals surface area contributed by atoms with Crippen LogP contribution < -0.4 is 29.0 Å². The summed E-state index contributed by atoms with van der Waals surface area (Å²) in [5, 5.41) is 2.94. The summed E-state index contributed by atoms with van der Waals surface area (Å²) < 4.78 is 0.933. The number of hydrogen-bond donors (Lipinski definition) is 0. The van der Waals surface area contributed by atoms with E-state index < -0.39 is 0 Å². The van der Waals surface area contributed by atoms with Crippen LogP contribution in [0.2, 0.25) is 5.02 Å². The third kappa shape index (κ3) is 2.14. The predicted octanol–water partition coefficient (Wildman–Crippen LogP) is 0.0738. The van der Waals surface area contributed by atoms with Gasteiger partial charge in [0.2, 0.25) is 0 Å². The van der Waals surface area contributed by atoms with Crippen LogP contribution in [-0.4, -0.2) is 0 Å². The predicted molar refractivity (Wildman–Crippen MR) is 53.2 cm³/mol. The average Bonchev–Trinajstić information content (AvgIpc) is 2.12. The molecule has 0 aliphatic carbocycles. The molecular weight excluding hydrogens is 364 g/mol. The van der Waals surface area contributed by atoms with Crippen LogP contribution in [0.3, 0.4) is 0 Å². The zero-order valence-electron chi connectivity index (χ0n) is 6.52. The van der Waals surface area contributed by atoms with E-state index in [2.05, 4.69) is 20.9 Å². The molecule has 0 aliphatic heterocycles. The number of rotatable bonds is 0. The molecule has 1 heterocycles. The van der Waals surface area contributed by atoms with Crippen LogP contribution in [0.4, 0.5) is 0 Å². The molecule has 0 fully saturated rings. The van der Waals surface area contributed by atoms with Crippen LogP contribution in [0.25, 0.3) is 10.8 Å². The molecule has 4 heteroatoms. The Balaban J connectivity index is 0.000000845. The van der Waals surface area contributed by atoms with Gasteiger partial charge in [-0.05, 0) is 28.1 Å². The third-order valence-electron chi connectivity index (χ3n) is 1.75. The normalized spacial score (nSPS) is 9.69. The molecule has 0 atom stereocenters. The number of nitrogens with one attached hydrogen (secondary N) is 1. The Hall–Kier alpha value is 0.130. The molecule has 1 aromatic carbocycles. The molecule has 0 radical (unpaired) electrons. The molecule has 2 rings (SSSR count). The highest BCUT2D eigenvalue weighted by atomic mass is 127. The Labute approximate surface area is 107 Å². The van der Waals surface area contributed by atoms with Crippen molar-refractivity contribution in [1.29, 1.82) is 0 Å². The molecule has 0 spiro atoms. The summed E-state index contributed by atoms with van der Waals surface area (Å²) in [5.41, 5.74) is 0. The summed E-state index contributed by atoms with van der Waals surface area (Å²) in [6, 6.07) is 5.92. The van der Waals surface area contributed by atoms with Crippen LogP contribution >= 0.6 is 27.5 Å². The van der Waals surface area contributed by atoms with Gasteiger partial charge in [-0.25, -0.2) is 4.98 Å². The standard InChI is InChI=1S/C9H5BrClN.HI/c10-8-2-1-6-5-12-4-3-7(6)9(8)11;/h1-5H;1H. The van der Waals surface area contributed by atoms with Crippen LogP contribution in [0.5, 0.6) is 0 Å². The van der Waals surface area contributed by atoms with E-state index in [0.717, 1.165) is 20.3 Å². The maximum absolute atomic E-state index is 6.07. The summed E-state index contributed by atoms with van der Waals surface area (Å²) in [6.45, 7) is 0. The van der Waals surface area contributed by atoms with Gasteiger partial charge in [-0.2, -0.15) is 0 Å². The van der Waals surface area contributed by atoms with Gasteiger partial charge in [0.25, 0.3) is 0 Å². The molecule has 2 aromatic rings. The van der Waals surface area contributed by atoms with Gasteiger partial charge in [0, 0.05) is 21.3 Å². The van der Waals surface area contributed by atoms with Gasteiger partial charge >= 0.3 is 0 Å². The Morgan fingerprint density at radius 1 is 1.23 bits per heavy atom. The zero-order valence-corrected chi connectivity index (χ0v) is 11.0. The molecule has 13 heavy (non-hydrogen) atoms. The molecule has 0 saturated carbocycles. The lowest BCUT2D eigenvalue weighted by Crippen LogP contribution is -3.00. The molecular formula is C9H6BrClIN. The summed E-state index contributed by atoms with van der Waals surface area (Å²) in [4.78, 5) is 3.01. The molecule has 68 valence electrons. The average molecular weight is 370 g/mol. The van der Waals surface area contributed by atoms with Gasteiger partial charge in [0.1, 0.15) is 0 Å². The lowest BCUT2D eigenvalue weighted by molar-refractivity contribution is -0.375. The van der Waals surface area contributed by atoms with Crippen molar-refractivity contribution in [3.63, 3.8) is 0 Å². The number of hydrogen-bond acceptors (Lipinski definition) is 0. The molecule has 1 nitrogen and oxygen atoms in total. The minimum atomic E-state index is 0. The van der Waals surface area contributed by atoms with Gasteiger partial charge in [-0.1, -0.05) is 11.6 Å². The fourth-order valence-electron chi connectivity index (χ4n) is 1.15. The number of fused-ring (bicyclic) bond motifs is 1. The molecule has 0 aliphatic rings. The zero-order chi connectivity index (χ0) is 8.55. The first-order valence-electron chi connectivity index (χ1n) is 3.53. The van der Waals surface area contributed by atoms with Crippen LogP contribution in [0.1, 0.15) is 0 Å². The van der Waals surface area contributed by atoms with Crippen LogP contribution in [0.15, 0.2) is 35.1 Å². The molecule has 0 saturated heterocycles. The first-order valence-corrected chi connectivity index (χ1v) is 4.70. The Morgan fingerprint density at radius 3 is 2.77 bits per heavy atom. The highest BCUT2D eigenvalue weighted by Crippen LogP contribution is 2.29. The van der Waals surface area contributed by atoms with Crippen molar-refractivity contribution in [3.05, 3.63) is 40.1 Å². The highest BCUT2D eigenvalue weighted by molar-refractivity contribution is 9.10. The van der Waals surface area contributed by atoms with Gasteiger partial charge < -0.3 is 24.0 Å². The number of halogens is 3. The summed E-state index contributed by atoms with van der Waals surface area (Å²) in [6.07, 6.45) is 3.79. The van der Waals surface area contributed by atoms with Crippen LogP contribution in [-0.2, 0) is 0 Å². The fourth-order valence-corrected chi connectivity index (χ4v) is 1.73. The summed E-state index contributed by atoms with van der Waals surface area (Å²) in [5.74, 6) is 0. The van der Waals surface area contributed by atoms with Crippen molar-refractivity contribution in [2.24, 2.45) is 0 Å². The van der Waals surface area contributed by atoms with Gasteiger partial charge in [0.05, 0.1) is 5.02 Å². The first kappa shape index (κ1) is 11.2. The van der Waals surface area contributed by atoms with Crippen molar-refractivity contribution in [3.8, 4) is 0 Å². The first-order chi connectivity index (χ1) is 5.79. The Kier molecular flexibility index (Phi) is 3.94. The fraction of sp³-hybridized carbons (Fsp3) is 0. The van der Waals surface area contributed by atoms with E-state index in [-0.39, 0.29) is 24.0 Å². The van der Waals surface area contributed by atoms with Crippen molar-refractivity contribution >= 4 is 38.3 Å². The van der Waals surface area contributed by atoms with Gasteiger partial charge in [0.15, 0.2) is 12.4 Å². The topological polar surface area (TPSA) is 14.1 Å². The molecule has 0 bridgehead atoms. The smallest absolute Gasteiger partial charge is 0.174 e. The van der Waals surface area contributed by atoms with Crippen molar-refractivity contribution in [2.75, 3.05) is 0 Å². The van der Waals surface area contributed by atoms with E-state index >= 15 is 0 Å². The van der Waals surface area contributed by atoms with E-state index in [4.69, 9.17) is 11.6 Å². The monoisotopic (exact) mass is 369 g/mol. The van der Waals surface area contributed by atoms with Gasteiger partial charge in [-0.15, -0.1) is 0 Å². The SMILES string of the molecule is Clc1c(Br)ccc2c[nH+]ccc12.[I-]. The molecule has 1 N–H and O–H groups in total. The van der Waals surface area contributed by atoms with E-state index in [9.17, 15) is 0 Å². The van der Waals surface area contributed by atoms with Crippen molar-refractivity contribution in [1.82, 2.24) is 0 Å². The maximum Gasteiger partial charge on any atom is 0.174 e. The number of aromatic nitrogens is 1. The second-order valence-electron chi connectivity index (χ2n) is 2.51. The Morgan fingerprint density at radius 2 is 2.00 bits per heavy atom. The second-order valence-corrected chi connectivity index (χ2v) is 3.74. The van der Waals surface area contributed by atoms with E-state index in [1.54, 1.807) is 0 Å². The maximum atomic E-state index is 6.07. The molecule has 0 unspecified atom stereocenters. The van der Waals surface area contributed by atoms with E-state index in [1.807, 2.05) is 30.6 Å². The van der Waals surface area contributed by atoms with E-state index in [1.165, 1.54) is 0 Å². The minimum Gasteiger partial charge on any atom is -1.00 e. The number of aromatic amines is 1. The number of pyridine rings is 1.